The van der Waals surface area contributed by atoms with Gasteiger partial charge in [0.1, 0.15) is 5.82 Å². The number of hydrogen-bond donors (Lipinski definition) is 1. The molecule has 2 nitrogen and oxygen atoms in total. The second-order valence-electron chi connectivity index (χ2n) is 4.15. The summed E-state index contributed by atoms with van der Waals surface area (Å²) in [6.07, 6.45) is 0. The number of carbonyl (C=O) groups is 1. The minimum atomic E-state index is -0.400. The summed E-state index contributed by atoms with van der Waals surface area (Å²) in [4.78, 5) is 11.5. The Labute approximate surface area is 105 Å². The van der Waals surface area contributed by atoms with Gasteiger partial charge in [-0.3, -0.25) is 4.79 Å². The highest BCUT2D eigenvalue weighted by molar-refractivity contribution is 6.00. The van der Waals surface area contributed by atoms with E-state index < -0.39 is 5.82 Å². The zero-order valence-corrected chi connectivity index (χ0v) is 10.1. The predicted octanol–water partition coefficient (Wildman–Crippen LogP) is 3.15. The number of ketones is 1. The fourth-order valence-corrected chi connectivity index (χ4v) is 1.88. The van der Waals surface area contributed by atoms with Gasteiger partial charge in [0.2, 0.25) is 0 Å². The van der Waals surface area contributed by atoms with Crippen molar-refractivity contribution in [3.8, 4) is 11.1 Å². The van der Waals surface area contributed by atoms with Crippen LogP contribution in [0, 0.1) is 5.82 Å². The first-order chi connectivity index (χ1) is 8.61. The summed E-state index contributed by atoms with van der Waals surface area (Å²) < 4.78 is 13.2. The molecular formula is C15H14FNO. The van der Waals surface area contributed by atoms with Gasteiger partial charge in [0.05, 0.1) is 0 Å². The second-order valence-corrected chi connectivity index (χ2v) is 4.15. The molecule has 18 heavy (non-hydrogen) atoms. The summed E-state index contributed by atoms with van der Waals surface area (Å²) >= 11 is 0. The number of nitrogens with two attached hydrogens (primary N) is 1. The summed E-state index contributed by atoms with van der Waals surface area (Å²) in [7, 11) is 0. The molecule has 2 aromatic carbocycles. The van der Waals surface area contributed by atoms with Crippen LogP contribution in [0.4, 0.5) is 4.39 Å². The van der Waals surface area contributed by atoms with Crippen molar-refractivity contribution in [3.63, 3.8) is 0 Å². The highest BCUT2D eigenvalue weighted by Gasteiger charge is 2.10. The Morgan fingerprint density at radius 2 is 1.83 bits per heavy atom. The van der Waals surface area contributed by atoms with Gasteiger partial charge in [-0.1, -0.05) is 30.3 Å². The van der Waals surface area contributed by atoms with Gasteiger partial charge in [-0.2, -0.15) is 0 Å². The number of hydrogen-bond acceptors (Lipinski definition) is 2. The molecule has 0 fully saturated rings. The van der Waals surface area contributed by atoms with Crippen LogP contribution in [-0.4, -0.2) is 5.78 Å². The molecule has 0 aliphatic carbocycles. The van der Waals surface area contributed by atoms with E-state index in [9.17, 15) is 9.18 Å². The molecular weight excluding hydrogens is 229 g/mol. The van der Waals surface area contributed by atoms with Crippen molar-refractivity contribution >= 4 is 5.78 Å². The Morgan fingerprint density at radius 3 is 2.39 bits per heavy atom. The Morgan fingerprint density at radius 1 is 1.17 bits per heavy atom. The minimum absolute atomic E-state index is 0.146. The first-order valence-electron chi connectivity index (χ1n) is 5.71. The van der Waals surface area contributed by atoms with Gasteiger partial charge in [0, 0.05) is 12.1 Å². The van der Waals surface area contributed by atoms with E-state index in [4.69, 9.17) is 5.73 Å². The third kappa shape index (κ3) is 2.46. The number of Topliss-reactive ketones (excluding diaryl/α,β-unsaturated/α-hetero) is 1. The third-order valence-corrected chi connectivity index (χ3v) is 2.86. The molecule has 0 unspecified atom stereocenters. The molecule has 0 spiro atoms. The lowest BCUT2D eigenvalue weighted by atomic mass is 9.96. The first kappa shape index (κ1) is 12.5. The van der Waals surface area contributed by atoms with Crippen molar-refractivity contribution in [2.45, 2.75) is 13.5 Å². The van der Waals surface area contributed by atoms with E-state index in [1.807, 2.05) is 24.3 Å². The highest BCUT2D eigenvalue weighted by Crippen LogP contribution is 2.25. The molecule has 0 saturated heterocycles. The van der Waals surface area contributed by atoms with Gasteiger partial charge in [-0.05, 0) is 35.7 Å². The topological polar surface area (TPSA) is 43.1 Å². The van der Waals surface area contributed by atoms with Crippen LogP contribution < -0.4 is 5.73 Å². The molecule has 0 aliphatic rings. The van der Waals surface area contributed by atoms with E-state index in [-0.39, 0.29) is 5.78 Å². The maximum absolute atomic E-state index is 13.2. The van der Waals surface area contributed by atoms with Crippen molar-refractivity contribution < 1.29 is 9.18 Å². The van der Waals surface area contributed by atoms with Crippen LogP contribution in [0.2, 0.25) is 0 Å². The Bertz CT molecular complexity index is 576. The maximum atomic E-state index is 13.2. The van der Waals surface area contributed by atoms with Crippen molar-refractivity contribution in [2.75, 3.05) is 0 Å². The average molecular weight is 243 g/mol. The largest absolute Gasteiger partial charge is 0.326 e. The van der Waals surface area contributed by atoms with Crippen LogP contribution in [0.1, 0.15) is 22.8 Å². The zero-order chi connectivity index (χ0) is 13.1. The lowest BCUT2D eigenvalue weighted by molar-refractivity contribution is 0.101. The third-order valence-electron chi connectivity index (χ3n) is 2.86. The molecule has 2 aromatic rings. The first-order valence-corrected chi connectivity index (χ1v) is 5.71. The fraction of sp³-hybridized carbons (Fsp3) is 0.133. The number of rotatable bonds is 3. The van der Waals surface area contributed by atoms with E-state index in [1.165, 1.54) is 19.1 Å². The summed E-state index contributed by atoms with van der Waals surface area (Å²) in [5, 5.41) is 0. The van der Waals surface area contributed by atoms with Gasteiger partial charge in [0.15, 0.2) is 5.78 Å². The van der Waals surface area contributed by atoms with E-state index in [1.54, 1.807) is 6.07 Å². The summed E-state index contributed by atoms with van der Waals surface area (Å²) in [5.41, 5.74) is 8.58. The molecule has 0 bridgehead atoms. The normalized spacial score (nSPS) is 10.4. The molecule has 2 rings (SSSR count). The summed E-state index contributed by atoms with van der Waals surface area (Å²) in [6.45, 7) is 1.91. The van der Waals surface area contributed by atoms with E-state index in [2.05, 4.69) is 0 Å². The predicted molar refractivity (Wildman–Crippen MR) is 69.7 cm³/mol. The van der Waals surface area contributed by atoms with Crippen LogP contribution in [0.3, 0.4) is 0 Å². The van der Waals surface area contributed by atoms with Gasteiger partial charge in [-0.15, -0.1) is 0 Å². The smallest absolute Gasteiger partial charge is 0.160 e. The van der Waals surface area contributed by atoms with Gasteiger partial charge in [0.25, 0.3) is 0 Å². The number of carbonyl (C=O) groups excluding carboxylic acids is 1. The molecule has 0 aliphatic heterocycles. The lowest BCUT2D eigenvalue weighted by Crippen LogP contribution is -1.98. The minimum Gasteiger partial charge on any atom is -0.326 e. The van der Waals surface area contributed by atoms with Gasteiger partial charge < -0.3 is 5.73 Å². The standard InChI is InChI=1S/C15H14FNO/c1-10(18)15-8-13(16)6-7-14(15)12-4-2-11(9-17)3-5-12/h2-8H,9,17H2,1H3. The second kappa shape index (κ2) is 5.10. The Hall–Kier alpha value is -2.00. The van der Waals surface area contributed by atoms with Crippen LogP contribution in [0.5, 0.6) is 0 Å². The van der Waals surface area contributed by atoms with Crippen molar-refractivity contribution in [1.29, 1.82) is 0 Å². The SMILES string of the molecule is CC(=O)c1cc(F)ccc1-c1ccc(CN)cc1. The number of halogens is 1. The molecule has 0 radical (unpaired) electrons. The zero-order valence-electron chi connectivity index (χ0n) is 10.1. The molecule has 3 heteroatoms. The van der Waals surface area contributed by atoms with Gasteiger partial charge >= 0.3 is 0 Å². The van der Waals surface area contributed by atoms with E-state index in [0.717, 1.165) is 16.7 Å². The summed E-state index contributed by atoms with van der Waals surface area (Å²) in [5.74, 6) is -0.546. The van der Waals surface area contributed by atoms with Crippen molar-refractivity contribution in [3.05, 3.63) is 59.4 Å². The molecule has 0 heterocycles. The maximum Gasteiger partial charge on any atom is 0.160 e. The van der Waals surface area contributed by atoms with Crippen LogP contribution >= 0.6 is 0 Å². The number of benzene rings is 2. The van der Waals surface area contributed by atoms with Crippen molar-refractivity contribution in [2.24, 2.45) is 5.73 Å². The molecule has 0 amide bonds. The summed E-state index contributed by atoms with van der Waals surface area (Å²) in [6, 6.07) is 11.9. The molecule has 0 saturated carbocycles. The molecule has 2 N–H and O–H groups in total. The highest BCUT2D eigenvalue weighted by atomic mass is 19.1. The Kier molecular flexibility index (Phi) is 3.53. The van der Waals surface area contributed by atoms with E-state index in [0.29, 0.717) is 12.1 Å². The lowest BCUT2D eigenvalue weighted by Gasteiger charge is -2.08. The average Bonchev–Trinajstić information content (AvgIpc) is 2.39. The van der Waals surface area contributed by atoms with Crippen LogP contribution in [-0.2, 0) is 6.54 Å². The molecule has 0 atom stereocenters. The Balaban J connectivity index is 2.52. The fourth-order valence-electron chi connectivity index (χ4n) is 1.88. The van der Waals surface area contributed by atoms with Crippen LogP contribution in [0.25, 0.3) is 11.1 Å². The van der Waals surface area contributed by atoms with Gasteiger partial charge in [-0.25, -0.2) is 4.39 Å². The van der Waals surface area contributed by atoms with E-state index >= 15 is 0 Å². The van der Waals surface area contributed by atoms with Crippen molar-refractivity contribution in [1.82, 2.24) is 0 Å². The van der Waals surface area contributed by atoms with Crippen LogP contribution in [0.15, 0.2) is 42.5 Å². The molecule has 0 aromatic heterocycles. The molecule has 92 valence electrons. The quantitative estimate of drug-likeness (QED) is 0.841. The monoisotopic (exact) mass is 243 g/mol.